The van der Waals surface area contributed by atoms with Gasteiger partial charge in [0.1, 0.15) is 0 Å². The predicted octanol–water partition coefficient (Wildman–Crippen LogP) is 6.30. The minimum atomic E-state index is 0.0314. The minimum Gasteiger partial charge on any atom is -0.283 e. The number of hydrogen-bond acceptors (Lipinski definition) is 6. The topological polar surface area (TPSA) is 46.1 Å². The SMILES string of the molecule is CCSc1ccc(CC(=O)N(Cc2cccnc2)c2nc3ccc(SC)cc3s2)cc1. The maximum Gasteiger partial charge on any atom is 0.233 e. The van der Waals surface area contributed by atoms with E-state index < -0.39 is 0 Å². The Morgan fingerprint density at radius 2 is 1.87 bits per heavy atom. The van der Waals surface area contributed by atoms with E-state index in [1.54, 1.807) is 52.2 Å². The van der Waals surface area contributed by atoms with Gasteiger partial charge in [-0.3, -0.25) is 14.7 Å². The molecule has 4 aromatic rings. The lowest BCUT2D eigenvalue weighted by atomic mass is 10.1. The van der Waals surface area contributed by atoms with Crippen molar-refractivity contribution in [2.75, 3.05) is 16.9 Å². The molecule has 31 heavy (non-hydrogen) atoms. The summed E-state index contributed by atoms with van der Waals surface area (Å²) in [6, 6.07) is 18.4. The molecule has 0 saturated heterocycles. The number of fused-ring (bicyclic) bond motifs is 1. The molecular weight excluding hydrogens is 442 g/mol. The maximum absolute atomic E-state index is 13.4. The predicted molar refractivity (Wildman–Crippen MR) is 133 cm³/mol. The number of rotatable bonds is 8. The van der Waals surface area contributed by atoms with Crippen LogP contribution >= 0.6 is 34.9 Å². The number of aromatic nitrogens is 2. The van der Waals surface area contributed by atoms with Crippen LogP contribution in [0.3, 0.4) is 0 Å². The second-order valence-corrected chi connectivity index (χ2v) is 10.2. The molecule has 0 aliphatic heterocycles. The second-order valence-electron chi connectivity index (χ2n) is 6.92. The number of anilines is 1. The van der Waals surface area contributed by atoms with Crippen LogP contribution < -0.4 is 4.90 Å². The summed E-state index contributed by atoms with van der Waals surface area (Å²) < 4.78 is 1.09. The highest BCUT2D eigenvalue weighted by Crippen LogP contribution is 2.32. The van der Waals surface area contributed by atoms with Crippen molar-refractivity contribution in [3.8, 4) is 0 Å². The summed E-state index contributed by atoms with van der Waals surface area (Å²) in [4.78, 5) is 26.6. The monoisotopic (exact) mass is 465 g/mol. The van der Waals surface area contributed by atoms with Gasteiger partial charge in [0.25, 0.3) is 0 Å². The van der Waals surface area contributed by atoms with Crippen LogP contribution in [0.15, 0.2) is 76.8 Å². The van der Waals surface area contributed by atoms with Crippen molar-refractivity contribution >= 4 is 56.1 Å². The number of benzene rings is 2. The lowest BCUT2D eigenvalue weighted by Gasteiger charge is -2.20. The zero-order valence-corrected chi connectivity index (χ0v) is 19.9. The van der Waals surface area contributed by atoms with Crippen LogP contribution in [0.2, 0.25) is 0 Å². The quantitative estimate of drug-likeness (QED) is 0.286. The first-order valence-corrected chi connectivity index (χ1v) is 13.0. The molecule has 1 amide bonds. The lowest BCUT2D eigenvalue weighted by Crippen LogP contribution is -2.31. The summed E-state index contributed by atoms with van der Waals surface area (Å²) in [5.41, 5.74) is 2.91. The van der Waals surface area contributed by atoms with Gasteiger partial charge < -0.3 is 0 Å². The van der Waals surface area contributed by atoms with Crippen LogP contribution in [0.5, 0.6) is 0 Å². The molecule has 0 aliphatic carbocycles. The zero-order valence-electron chi connectivity index (χ0n) is 17.4. The molecule has 2 aromatic heterocycles. The Labute approximate surface area is 195 Å². The highest BCUT2D eigenvalue weighted by atomic mass is 32.2. The fourth-order valence-electron chi connectivity index (χ4n) is 3.21. The molecular formula is C24H23N3OS3. The van der Waals surface area contributed by atoms with Crippen LogP contribution in [-0.2, 0) is 17.8 Å². The standard InChI is InChI=1S/C24H23N3OS3/c1-3-30-19-8-6-17(7-9-19)13-23(28)27(16-18-5-4-12-25-15-18)24-26-21-11-10-20(29-2)14-22(21)31-24/h4-12,14-15H,3,13,16H2,1-2H3. The molecule has 0 spiro atoms. The summed E-state index contributed by atoms with van der Waals surface area (Å²) in [6.07, 6.45) is 5.94. The Morgan fingerprint density at radius 3 is 2.58 bits per heavy atom. The molecule has 7 heteroatoms. The number of hydrogen-bond donors (Lipinski definition) is 0. The van der Waals surface area contributed by atoms with Crippen molar-refractivity contribution in [1.82, 2.24) is 9.97 Å². The molecule has 158 valence electrons. The number of pyridine rings is 1. The molecule has 0 radical (unpaired) electrons. The zero-order chi connectivity index (χ0) is 21.6. The molecule has 0 fully saturated rings. The fraction of sp³-hybridized carbons (Fsp3) is 0.208. The number of carbonyl (C=O) groups is 1. The van der Waals surface area contributed by atoms with Gasteiger partial charge in [0.2, 0.25) is 5.91 Å². The van der Waals surface area contributed by atoms with Crippen molar-refractivity contribution < 1.29 is 4.79 Å². The van der Waals surface area contributed by atoms with Gasteiger partial charge in [-0.1, -0.05) is 36.5 Å². The van der Waals surface area contributed by atoms with E-state index in [1.165, 1.54) is 9.79 Å². The number of carbonyl (C=O) groups excluding carboxylic acids is 1. The first kappa shape index (κ1) is 21.9. The van der Waals surface area contributed by atoms with Gasteiger partial charge in [-0.15, -0.1) is 23.5 Å². The van der Waals surface area contributed by atoms with E-state index in [2.05, 4.69) is 42.4 Å². The van der Waals surface area contributed by atoms with Gasteiger partial charge in [-0.2, -0.15) is 0 Å². The molecule has 2 aromatic carbocycles. The van der Waals surface area contributed by atoms with Crippen LogP contribution in [0.1, 0.15) is 18.1 Å². The van der Waals surface area contributed by atoms with Gasteiger partial charge in [0.15, 0.2) is 5.13 Å². The van der Waals surface area contributed by atoms with Crippen molar-refractivity contribution in [2.45, 2.75) is 29.7 Å². The number of thiazole rings is 1. The molecule has 0 saturated carbocycles. The molecule has 0 atom stereocenters. The van der Waals surface area contributed by atoms with E-state index in [0.29, 0.717) is 13.0 Å². The van der Waals surface area contributed by atoms with Crippen molar-refractivity contribution in [1.29, 1.82) is 0 Å². The third-order valence-corrected chi connectivity index (χ3v) is 7.43. The highest BCUT2D eigenvalue weighted by molar-refractivity contribution is 7.99. The molecule has 2 heterocycles. The van der Waals surface area contributed by atoms with Gasteiger partial charge in [0, 0.05) is 22.2 Å². The Hall–Kier alpha value is -2.35. The second kappa shape index (κ2) is 10.3. The minimum absolute atomic E-state index is 0.0314. The Bertz CT molecular complexity index is 1160. The van der Waals surface area contributed by atoms with E-state index in [0.717, 1.165) is 32.2 Å². The van der Waals surface area contributed by atoms with Crippen LogP contribution in [0, 0.1) is 0 Å². The number of amides is 1. The fourth-order valence-corrected chi connectivity index (χ4v) is 5.41. The molecule has 4 rings (SSSR count). The molecule has 0 N–H and O–H groups in total. The lowest BCUT2D eigenvalue weighted by molar-refractivity contribution is -0.118. The maximum atomic E-state index is 13.4. The normalized spacial score (nSPS) is 11.0. The Kier molecular flexibility index (Phi) is 7.27. The smallest absolute Gasteiger partial charge is 0.233 e. The molecule has 0 aliphatic rings. The average molecular weight is 466 g/mol. The van der Waals surface area contributed by atoms with Gasteiger partial charge in [-0.05, 0) is 59.5 Å². The van der Waals surface area contributed by atoms with E-state index in [4.69, 9.17) is 4.98 Å². The van der Waals surface area contributed by atoms with E-state index >= 15 is 0 Å². The largest absolute Gasteiger partial charge is 0.283 e. The first-order chi connectivity index (χ1) is 15.2. The number of nitrogens with zero attached hydrogens (tertiary/aromatic N) is 3. The summed E-state index contributed by atoms with van der Waals surface area (Å²) in [5.74, 6) is 1.07. The van der Waals surface area contributed by atoms with E-state index in [9.17, 15) is 4.79 Å². The van der Waals surface area contributed by atoms with E-state index in [-0.39, 0.29) is 5.91 Å². The van der Waals surface area contributed by atoms with Crippen molar-refractivity contribution in [3.05, 3.63) is 78.1 Å². The van der Waals surface area contributed by atoms with Gasteiger partial charge in [-0.25, -0.2) is 4.98 Å². The third kappa shape index (κ3) is 5.47. The summed E-state index contributed by atoms with van der Waals surface area (Å²) in [7, 11) is 0. The van der Waals surface area contributed by atoms with Crippen molar-refractivity contribution in [3.63, 3.8) is 0 Å². The highest BCUT2D eigenvalue weighted by Gasteiger charge is 2.21. The summed E-state index contributed by atoms with van der Waals surface area (Å²) >= 11 is 5.06. The van der Waals surface area contributed by atoms with Gasteiger partial charge >= 0.3 is 0 Å². The van der Waals surface area contributed by atoms with Crippen LogP contribution in [0.4, 0.5) is 5.13 Å². The Balaban J connectivity index is 1.62. The van der Waals surface area contributed by atoms with Crippen LogP contribution in [-0.4, -0.2) is 27.9 Å². The van der Waals surface area contributed by atoms with Gasteiger partial charge in [0.05, 0.1) is 23.2 Å². The third-order valence-electron chi connectivity index (χ3n) is 4.77. The molecule has 0 bridgehead atoms. The summed E-state index contributed by atoms with van der Waals surface area (Å²) in [5, 5.41) is 0.722. The first-order valence-electron chi connectivity index (χ1n) is 10.0. The van der Waals surface area contributed by atoms with Crippen LogP contribution in [0.25, 0.3) is 10.2 Å². The molecule has 0 unspecified atom stereocenters. The van der Waals surface area contributed by atoms with E-state index in [1.807, 2.05) is 30.3 Å². The number of thioether (sulfide) groups is 2. The Morgan fingerprint density at radius 1 is 1.06 bits per heavy atom. The summed E-state index contributed by atoms with van der Waals surface area (Å²) in [6.45, 7) is 2.59. The molecule has 4 nitrogen and oxygen atoms in total. The average Bonchev–Trinajstić information content (AvgIpc) is 3.22. The van der Waals surface area contributed by atoms with Crippen molar-refractivity contribution in [2.24, 2.45) is 0 Å².